The summed E-state index contributed by atoms with van der Waals surface area (Å²) < 4.78 is 1.69. The van der Waals surface area contributed by atoms with Crippen molar-refractivity contribution < 1.29 is 9.90 Å². The van der Waals surface area contributed by atoms with Crippen LogP contribution in [0.2, 0.25) is 0 Å². The summed E-state index contributed by atoms with van der Waals surface area (Å²) in [5.41, 5.74) is 1.55. The summed E-state index contributed by atoms with van der Waals surface area (Å²) >= 11 is 0. The number of hydrogen-bond acceptors (Lipinski definition) is 3. The van der Waals surface area contributed by atoms with Crippen LogP contribution in [0.15, 0.2) is 6.20 Å². The third-order valence-electron chi connectivity index (χ3n) is 3.14. The van der Waals surface area contributed by atoms with E-state index in [1.165, 1.54) is 0 Å². The maximum atomic E-state index is 12.2. The molecule has 17 heavy (non-hydrogen) atoms. The van der Waals surface area contributed by atoms with Gasteiger partial charge in [-0.1, -0.05) is 13.8 Å². The minimum Gasteiger partial charge on any atom is -0.396 e. The van der Waals surface area contributed by atoms with Crippen LogP contribution < -0.4 is 0 Å². The van der Waals surface area contributed by atoms with Gasteiger partial charge in [0.05, 0.1) is 11.3 Å². The quantitative estimate of drug-likeness (QED) is 0.838. The molecule has 0 unspecified atom stereocenters. The lowest BCUT2D eigenvalue weighted by Gasteiger charge is -2.38. The van der Waals surface area contributed by atoms with Crippen molar-refractivity contribution in [3.8, 4) is 0 Å². The first kappa shape index (κ1) is 12.1. The Bertz CT molecular complexity index is 419. The fraction of sp³-hybridized carbons (Fsp3) is 0.667. The normalized spacial score (nSPS) is 16.4. The molecule has 0 radical (unpaired) electrons. The number of amides is 1. The number of hydrogen-bond donors (Lipinski definition) is 1. The topological polar surface area (TPSA) is 58.4 Å². The van der Waals surface area contributed by atoms with Crippen molar-refractivity contribution in [1.29, 1.82) is 0 Å². The zero-order chi connectivity index (χ0) is 12.6. The van der Waals surface area contributed by atoms with Gasteiger partial charge >= 0.3 is 0 Å². The molecular formula is C12H19N3O2. The molecule has 0 spiro atoms. The first-order valence-corrected chi connectivity index (χ1v) is 5.96. The monoisotopic (exact) mass is 237 g/mol. The first-order chi connectivity index (χ1) is 8.02. The van der Waals surface area contributed by atoms with E-state index in [4.69, 9.17) is 5.11 Å². The summed E-state index contributed by atoms with van der Waals surface area (Å²) in [6.45, 7) is 5.54. The van der Waals surface area contributed by atoms with Crippen molar-refractivity contribution in [2.75, 3.05) is 19.7 Å². The molecule has 0 atom stereocenters. The summed E-state index contributed by atoms with van der Waals surface area (Å²) in [4.78, 5) is 14.0. The van der Waals surface area contributed by atoms with Crippen molar-refractivity contribution >= 4 is 5.91 Å². The fourth-order valence-corrected chi connectivity index (χ4v) is 2.12. The molecule has 1 aliphatic rings. The van der Waals surface area contributed by atoms with Crippen LogP contribution in [-0.4, -0.2) is 45.4 Å². The van der Waals surface area contributed by atoms with Crippen LogP contribution in [0, 0.1) is 5.92 Å². The van der Waals surface area contributed by atoms with E-state index in [0.717, 1.165) is 5.69 Å². The molecule has 5 nitrogen and oxygen atoms in total. The minimum atomic E-state index is 0.0338. The molecule has 1 fully saturated rings. The van der Waals surface area contributed by atoms with E-state index in [1.807, 2.05) is 20.9 Å². The lowest BCUT2D eigenvalue weighted by molar-refractivity contribution is 0.0360. The highest BCUT2D eigenvalue weighted by Gasteiger charge is 2.32. The van der Waals surface area contributed by atoms with Gasteiger partial charge in [0, 0.05) is 38.9 Å². The molecule has 0 saturated carbocycles. The van der Waals surface area contributed by atoms with E-state index in [2.05, 4.69) is 5.10 Å². The van der Waals surface area contributed by atoms with Gasteiger partial charge in [0.15, 0.2) is 0 Å². The standard InChI is InChI=1S/C12H19N3O2/c1-8(2)11-10(6-14(3)13-11)12(17)15-4-9(5-15)7-16/h6,8-9,16H,4-5,7H2,1-3H3. The van der Waals surface area contributed by atoms with Crippen LogP contribution in [-0.2, 0) is 7.05 Å². The maximum Gasteiger partial charge on any atom is 0.257 e. The first-order valence-electron chi connectivity index (χ1n) is 5.96. The van der Waals surface area contributed by atoms with Crippen LogP contribution in [0.4, 0.5) is 0 Å². The predicted molar refractivity (Wildman–Crippen MR) is 63.8 cm³/mol. The summed E-state index contributed by atoms with van der Waals surface area (Å²) in [7, 11) is 1.83. The van der Waals surface area contributed by atoms with E-state index in [0.29, 0.717) is 18.7 Å². The van der Waals surface area contributed by atoms with Crippen molar-refractivity contribution in [3.63, 3.8) is 0 Å². The van der Waals surface area contributed by atoms with Gasteiger partial charge in [-0.2, -0.15) is 5.10 Å². The summed E-state index contributed by atoms with van der Waals surface area (Å²) in [5.74, 6) is 0.523. The molecular weight excluding hydrogens is 218 g/mol. The second-order valence-electron chi connectivity index (χ2n) is 5.02. The Morgan fingerprint density at radius 3 is 2.76 bits per heavy atom. The number of aliphatic hydroxyl groups excluding tert-OH is 1. The highest BCUT2D eigenvalue weighted by Crippen LogP contribution is 2.23. The molecule has 1 aliphatic heterocycles. The highest BCUT2D eigenvalue weighted by molar-refractivity contribution is 5.95. The number of aryl methyl sites for hydroxylation is 1. The molecule has 1 amide bonds. The molecule has 1 aromatic rings. The summed E-state index contributed by atoms with van der Waals surface area (Å²) in [5, 5.41) is 13.3. The average Bonchev–Trinajstić information content (AvgIpc) is 2.58. The minimum absolute atomic E-state index is 0.0338. The number of rotatable bonds is 3. The summed E-state index contributed by atoms with van der Waals surface area (Å²) in [6.07, 6.45) is 1.78. The second-order valence-corrected chi connectivity index (χ2v) is 5.02. The third-order valence-corrected chi connectivity index (χ3v) is 3.14. The van der Waals surface area contributed by atoms with Crippen LogP contribution in [0.25, 0.3) is 0 Å². The SMILES string of the molecule is CC(C)c1nn(C)cc1C(=O)N1CC(CO)C1. The third kappa shape index (κ3) is 2.20. The average molecular weight is 237 g/mol. The molecule has 2 heterocycles. The van der Waals surface area contributed by atoms with E-state index < -0.39 is 0 Å². The van der Waals surface area contributed by atoms with Crippen molar-refractivity contribution in [1.82, 2.24) is 14.7 Å². The number of aliphatic hydroxyl groups is 1. The number of aromatic nitrogens is 2. The molecule has 0 aliphatic carbocycles. The van der Waals surface area contributed by atoms with Gasteiger partial charge in [0.2, 0.25) is 0 Å². The van der Waals surface area contributed by atoms with E-state index >= 15 is 0 Å². The Balaban J connectivity index is 2.14. The molecule has 2 rings (SSSR count). The zero-order valence-electron chi connectivity index (χ0n) is 10.6. The molecule has 5 heteroatoms. The smallest absolute Gasteiger partial charge is 0.257 e. The zero-order valence-corrected chi connectivity index (χ0v) is 10.6. The van der Waals surface area contributed by atoms with Gasteiger partial charge < -0.3 is 10.0 Å². The second kappa shape index (κ2) is 4.49. The fourth-order valence-electron chi connectivity index (χ4n) is 2.12. The van der Waals surface area contributed by atoms with Gasteiger partial charge in [-0.25, -0.2) is 0 Å². The molecule has 94 valence electrons. The van der Waals surface area contributed by atoms with Crippen LogP contribution in [0.5, 0.6) is 0 Å². The maximum absolute atomic E-state index is 12.2. The number of nitrogens with zero attached hydrogens (tertiary/aromatic N) is 3. The Morgan fingerprint density at radius 1 is 1.59 bits per heavy atom. The molecule has 1 N–H and O–H groups in total. The number of likely N-dealkylation sites (tertiary alicyclic amines) is 1. The Morgan fingerprint density at radius 2 is 2.24 bits per heavy atom. The number of carbonyl (C=O) groups is 1. The Hall–Kier alpha value is -1.36. The van der Waals surface area contributed by atoms with Crippen LogP contribution in [0.1, 0.15) is 35.8 Å². The summed E-state index contributed by atoms with van der Waals surface area (Å²) in [6, 6.07) is 0. The van der Waals surface area contributed by atoms with Crippen molar-refractivity contribution in [2.45, 2.75) is 19.8 Å². The van der Waals surface area contributed by atoms with Gasteiger partial charge in [-0.05, 0) is 5.92 Å². The van der Waals surface area contributed by atoms with Crippen LogP contribution >= 0.6 is 0 Å². The molecule has 1 saturated heterocycles. The van der Waals surface area contributed by atoms with Crippen molar-refractivity contribution in [3.05, 3.63) is 17.5 Å². The van der Waals surface area contributed by atoms with E-state index in [1.54, 1.807) is 15.8 Å². The predicted octanol–water partition coefficient (Wildman–Crippen LogP) is 0.608. The number of carbonyl (C=O) groups excluding carboxylic acids is 1. The van der Waals surface area contributed by atoms with Crippen LogP contribution in [0.3, 0.4) is 0 Å². The van der Waals surface area contributed by atoms with Gasteiger partial charge in [-0.15, -0.1) is 0 Å². The van der Waals surface area contributed by atoms with Crippen molar-refractivity contribution in [2.24, 2.45) is 13.0 Å². The largest absolute Gasteiger partial charge is 0.396 e. The molecule has 0 aromatic carbocycles. The van der Waals surface area contributed by atoms with Gasteiger partial charge in [0.25, 0.3) is 5.91 Å². The lowest BCUT2D eigenvalue weighted by Crippen LogP contribution is -2.51. The van der Waals surface area contributed by atoms with Gasteiger partial charge in [0.1, 0.15) is 0 Å². The molecule has 0 bridgehead atoms. The Labute approximate surface area is 101 Å². The lowest BCUT2D eigenvalue weighted by atomic mass is 9.98. The Kier molecular flexibility index (Phi) is 3.19. The van der Waals surface area contributed by atoms with E-state index in [9.17, 15) is 4.79 Å². The van der Waals surface area contributed by atoms with E-state index in [-0.39, 0.29) is 24.3 Å². The highest BCUT2D eigenvalue weighted by atomic mass is 16.3. The van der Waals surface area contributed by atoms with Gasteiger partial charge in [-0.3, -0.25) is 9.48 Å². The molecule has 1 aromatic heterocycles.